The molecule has 0 heterocycles. The smallest absolute Gasteiger partial charge is 0.118 e. The molecule has 1 unspecified atom stereocenters. The second-order valence-electron chi connectivity index (χ2n) is 4.19. The highest BCUT2D eigenvalue weighted by molar-refractivity contribution is 7.88. The van der Waals surface area contributed by atoms with Crippen LogP contribution in [0.2, 0.25) is 0 Å². The summed E-state index contributed by atoms with van der Waals surface area (Å²) >= 11 is 0. The number of hydrogen-bond acceptors (Lipinski definition) is 2. The van der Waals surface area contributed by atoms with Gasteiger partial charge in [-0.15, -0.1) is 0 Å². The van der Waals surface area contributed by atoms with Gasteiger partial charge in [0.2, 0.25) is 0 Å². The summed E-state index contributed by atoms with van der Waals surface area (Å²) in [4.78, 5) is 0.768. The molecule has 0 saturated carbocycles. The summed E-state index contributed by atoms with van der Waals surface area (Å²) in [6, 6.07) is 15.4. The second-order valence-corrected chi connectivity index (χ2v) is 5.52. The summed E-state index contributed by atoms with van der Waals surface area (Å²) in [5, 5.41) is 1.70. The Labute approximate surface area is 116 Å². The maximum Gasteiger partial charge on any atom is 0.118 e. The van der Waals surface area contributed by atoms with E-state index in [4.69, 9.17) is 4.74 Å². The van der Waals surface area contributed by atoms with E-state index in [9.17, 15) is 4.21 Å². The maximum absolute atomic E-state index is 12.1. The summed E-state index contributed by atoms with van der Waals surface area (Å²) in [6.45, 7) is 2.04. The van der Waals surface area contributed by atoms with Crippen LogP contribution in [0.5, 0.6) is 5.75 Å². The van der Waals surface area contributed by atoms with E-state index in [1.165, 1.54) is 5.56 Å². The lowest BCUT2D eigenvalue weighted by Gasteiger charge is -2.00. The molecule has 2 nitrogen and oxygen atoms in total. The van der Waals surface area contributed by atoms with Crippen molar-refractivity contribution in [1.29, 1.82) is 0 Å². The van der Waals surface area contributed by atoms with E-state index in [1.54, 1.807) is 12.5 Å². The minimum absolute atomic E-state index is 0.767. The molecule has 98 valence electrons. The van der Waals surface area contributed by atoms with Gasteiger partial charge in [0.15, 0.2) is 0 Å². The summed E-state index contributed by atoms with van der Waals surface area (Å²) in [6.07, 6.45) is 1.87. The van der Waals surface area contributed by atoms with Gasteiger partial charge < -0.3 is 4.74 Å². The molecule has 19 heavy (non-hydrogen) atoms. The molecule has 3 heteroatoms. The molecule has 0 spiro atoms. The summed E-state index contributed by atoms with van der Waals surface area (Å²) in [5.41, 5.74) is 2.26. The fraction of sp³-hybridized carbons (Fsp3) is 0.125. The molecule has 1 atom stereocenters. The normalized spacial score (nSPS) is 12.5. The Bertz CT molecular complexity index is 583. The van der Waals surface area contributed by atoms with E-state index < -0.39 is 10.8 Å². The molecule has 2 rings (SSSR count). The van der Waals surface area contributed by atoms with Crippen molar-refractivity contribution < 1.29 is 8.95 Å². The third kappa shape index (κ3) is 3.80. The van der Waals surface area contributed by atoms with Crippen molar-refractivity contribution in [2.75, 3.05) is 7.11 Å². The largest absolute Gasteiger partial charge is 0.497 e. The molecule has 0 saturated heterocycles. The van der Waals surface area contributed by atoms with Gasteiger partial charge in [-0.1, -0.05) is 29.8 Å². The molecule has 0 amide bonds. The average molecular weight is 272 g/mol. The van der Waals surface area contributed by atoms with Crippen molar-refractivity contribution >= 4 is 16.9 Å². The van der Waals surface area contributed by atoms with Crippen LogP contribution in [-0.2, 0) is 10.8 Å². The topological polar surface area (TPSA) is 26.3 Å². The third-order valence-corrected chi connectivity index (χ3v) is 3.87. The minimum atomic E-state index is -1.14. The molecule has 2 aromatic carbocycles. The Morgan fingerprint density at radius 3 is 2.21 bits per heavy atom. The van der Waals surface area contributed by atoms with E-state index in [0.717, 1.165) is 16.2 Å². The summed E-state index contributed by atoms with van der Waals surface area (Å²) in [7, 11) is 0.479. The lowest BCUT2D eigenvalue weighted by atomic mass is 10.2. The molecule has 0 N–H and O–H groups in total. The highest BCUT2D eigenvalue weighted by Gasteiger charge is 2.00. The first-order chi connectivity index (χ1) is 9.19. The van der Waals surface area contributed by atoms with Crippen molar-refractivity contribution in [2.45, 2.75) is 11.8 Å². The predicted molar refractivity (Wildman–Crippen MR) is 79.6 cm³/mol. The van der Waals surface area contributed by atoms with Crippen LogP contribution in [0.15, 0.2) is 58.8 Å². The lowest BCUT2D eigenvalue weighted by Crippen LogP contribution is -1.87. The van der Waals surface area contributed by atoms with Crippen LogP contribution in [0, 0.1) is 6.92 Å². The van der Waals surface area contributed by atoms with Gasteiger partial charge >= 0.3 is 0 Å². The number of aryl methyl sites for hydroxylation is 1. The van der Waals surface area contributed by atoms with Gasteiger partial charge in [0.25, 0.3) is 0 Å². The van der Waals surface area contributed by atoms with Gasteiger partial charge in [-0.05, 0) is 42.8 Å². The highest BCUT2D eigenvalue weighted by atomic mass is 32.2. The number of ether oxygens (including phenoxy) is 1. The second kappa shape index (κ2) is 6.34. The van der Waals surface area contributed by atoms with Gasteiger partial charge in [0, 0.05) is 10.3 Å². The van der Waals surface area contributed by atoms with Crippen molar-refractivity contribution in [2.24, 2.45) is 0 Å². The number of benzene rings is 2. The zero-order valence-electron chi connectivity index (χ0n) is 11.0. The number of rotatable bonds is 4. The molecular weight excluding hydrogens is 256 g/mol. The molecule has 0 aliphatic heterocycles. The van der Waals surface area contributed by atoms with Crippen molar-refractivity contribution in [1.82, 2.24) is 0 Å². The first-order valence-electron chi connectivity index (χ1n) is 5.98. The van der Waals surface area contributed by atoms with Crippen LogP contribution in [-0.4, -0.2) is 11.3 Å². The van der Waals surface area contributed by atoms with Crippen LogP contribution in [0.25, 0.3) is 6.08 Å². The fourth-order valence-corrected chi connectivity index (χ4v) is 2.45. The molecule has 0 bridgehead atoms. The molecule has 0 radical (unpaired) electrons. The van der Waals surface area contributed by atoms with Gasteiger partial charge in [0.1, 0.15) is 5.75 Å². The van der Waals surface area contributed by atoms with Crippen LogP contribution >= 0.6 is 0 Å². The van der Waals surface area contributed by atoms with Crippen molar-refractivity contribution in [3.63, 3.8) is 0 Å². The number of hydrogen-bond donors (Lipinski definition) is 0. The van der Waals surface area contributed by atoms with E-state index in [1.807, 2.05) is 61.5 Å². The Kier molecular flexibility index (Phi) is 4.53. The van der Waals surface area contributed by atoms with Gasteiger partial charge in [-0.2, -0.15) is 0 Å². The third-order valence-electron chi connectivity index (χ3n) is 2.75. The highest BCUT2D eigenvalue weighted by Crippen LogP contribution is 2.15. The quantitative estimate of drug-likeness (QED) is 0.846. The van der Waals surface area contributed by atoms with Crippen molar-refractivity contribution in [3.05, 3.63) is 65.1 Å². The van der Waals surface area contributed by atoms with E-state index in [-0.39, 0.29) is 0 Å². The minimum Gasteiger partial charge on any atom is -0.497 e. The molecule has 0 aliphatic rings. The number of methoxy groups -OCH3 is 1. The van der Waals surface area contributed by atoms with Crippen molar-refractivity contribution in [3.8, 4) is 5.75 Å². The SMILES string of the molecule is COc1ccc(S(=O)/C=C/c2ccc(C)cc2)cc1. The Morgan fingerprint density at radius 2 is 1.63 bits per heavy atom. The monoisotopic (exact) mass is 272 g/mol. The van der Waals surface area contributed by atoms with E-state index in [0.29, 0.717) is 0 Å². The molecule has 2 aromatic rings. The average Bonchev–Trinajstić information content (AvgIpc) is 2.46. The fourth-order valence-electron chi connectivity index (χ4n) is 1.61. The summed E-state index contributed by atoms with van der Waals surface area (Å²) in [5.74, 6) is 0.767. The maximum atomic E-state index is 12.1. The van der Waals surface area contributed by atoms with Crippen LogP contribution < -0.4 is 4.74 Å². The molecular formula is C16H16O2S. The molecule has 0 aromatic heterocycles. The first kappa shape index (κ1) is 13.6. The standard InChI is InChI=1S/C16H16O2S/c1-13-3-5-14(6-4-13)11-12-19(17)16-9-7-15(18-2)8-10-16/h3-12H,1-2H3/b12-11+. The predicted octanol–water partition coefficient (Wildman–Crippen LogP) is 3.78. The van der Waals surface area contributed by atoms with Crippen LogP contribution in [0.1, 0.15) is 11.1 Å². The lowest BCUT2D eigenvalue weighted by molar-refractivity contribution is 0.414. The molecule has 0 fully saturated rings. The molecule has 0 aliphatic carbocycles. The van der Waals surface area contributed by atoms with Crippen LogP contribution in [0.4, 0.5) is 0 Å². The Hall–Kier alpha value is -1.87. The van der Waals surface area contributed by atoms with E-state index in [2.05, 4.69) is 0 Å². The Morgan fingerprint density at radius 1 is 1.00 bits per heavy atom. The summed E-state index contributed by atoms with van der Waals surface area (Å²) < 4.78 is 17.1. The van der Waals surface area contributed by atoms with Gasteiger partial charge in [-0.25, -0.2) is 4.21 Å². The first-order valence-corrected chi connectivity index (χ1v) is 7.20. The van der Waals surface area contributed by atoms with E-state index >= 15 is 0 Å². The zero-order valence-corrected chi connectivity index (χ0v) is 11.8. The zero-order chi connectivity index (χ0) is 13.7. The Balaban J connectivity index is 2.09. The van der Waals surface area contributed by atoms with Gasteiger partial charge in [0.05, 0.1) is 17.9 Å². The van der Waals surface area contributed by atoms with Crippen LogP contribution in [0.3, 0.4) is 0 Å². The van der Waals surface area contributed by atoms with Gasteiger partial charge in [-0.3, -0.25) is 0 Å².